The highest BCUT2D eigenvalue weighted by Crippen LogP contribution is 2.21. The lowest BCUT2D eigenvalue weighted by molar-refractivity contribution is 0.0745. The molecule has 1 amide bonds. The third kappa shape index (κ3) is 3.75. The summed E-state index contributed by atoms with van der Waals surface area (Å²) >= 11 is 0. The second-order valence-electron chi connectivity index (χ2n) is 7.51. The Bertz CT molecular complexity index is 823. The van der Waals surface area contributed by atoms with E-state index >= 15 is 0 Å². The Morgan fingerprint density at radius 3 is 2.41 bits per heavy atom. The van der Waals surface area contributed by atoms with Gasteiger partial charge in [-0.3, -0.25) is 4.79 Å². The zero-order valence-electron chi connectivity index (χ0n) is 16.2. The van der Waals surface area contributed by atoms with Crippen LogP contribution < -0.4 is 9.80 Å². The Labute approximate surface area is 160 Å². The van der Waals surface area contributed by atoms with Crippen molar-refractivity contribution in [3.63, 3.8) is 0 Å². The summed E-state index contributed by atoms with van der Waals surface area (Å²) in [4.78, 5) is 28.6. The molecule has 1 aromatic carbocycles. The van der Waals surface area contributed by atoms with Crippen LogP contribution in [0.1, 0.15) is 34.3 Å². The normalized spacial score (nSPS) is 17.5. The fraction of sp³-hybridized carbons (Fsp3) is 0.476. The molecule has 3 heterocycles. The van der Waals surface area contributed by atoms with E-state index in [9.17, 15) is 4.79 Å². The standard InChI is InChI=1S/C21H27N5O/c1-16-5-6-17(2)18(15-16)20(27)25-13-11-24(12-14-25)19-7-8-22-21(23-19)26-9-3-4-10-26/h5-8,15H,3-4,9-14H2,1-2H3. The average Bonchev–Trinajstić information content (AvgIpc) is 3.24. The van der Waals surface area contributed by atoms with Crippen molar-refractivity contribution in [2.75, 3.05) is 49.1 Å². The van der Waals surface area contributed by atoms with Crippen LogP contribution in [-0.4, -0.2) is 60.0 Å². The molecule has 0 spiro atoms. The lowest BCUT2D eigenvalue weighted by atomic mass is 10.0. The number of carbonyl (C=O) groups is 1. The van der Waals surface area contributed by atoms with Gasteiger partial charge >= 0.3 is 0 Å². The van der Waals surface area contributed by atoms with Crippen molar-refractivity contribution in [3.8, 4) is 0 Å². The van der Waals surface area contributed by atoms with E-state index in [0.29, 0.717) is 0 Å². The summed E-state index contributed by atoms with van der Waals surface area (Å²) in [7, 11) is 0. The Morgan fingerprint density at radius 1 is 0.926 bits per heavy atom. The minimum atomic E-state index is 0.135. The van der Waals surface area contributed by atoms with Gasteiger partial charge < -0.3 is 14.7 Å². The number of rotatable bonds is 3. The first-order valence-corrected chi connectivity index (χ1v) is 9.81. The average molecular weight is 365 g/mol. The highest BCUT2D eigenvalue weighted by Gasteiger charge is 2.24. The van der Waals surface area contributed by atoms with Gasteiger partial charge in [-0.05, 0) is 44.4 Å². The molecule has 2 aliphatic rings. The maximum Gasteiger partial charge on any atom is 0.254 e. The van der Waals surface area contributed by atoms with Crippen LogP contribution in [0.3, 0.4) is 0 Å². The molecule has 6 heteroatoms. The Balaban J connectivity index is 1.42. The monoisotopic (exact) mass is 365 g/mol. The number of nitrogens with zero attached hydrogens (tertiary/aromatic N) is 5. The van der Waals surface area contributed by atoms with E-state index in [1.54, 1.807) is 0 Å². The van der Waals surface area contributed by atoms with Gasteiger partial charge in [-0.2, -0.15) is 4.98 Å². The van der Waals surface area contributed by atoms with Gasteiger partial charge in [0.25, 0.3) is 5.91 Å². The van der Waals surface area contributed by atoms with Gasteiger partial charge in [-0.1, -0.05) is 17.7 Å². The molecule has 6 nitrogen and oxygen atoms in total. The largest absolute Gasteiger partial charge is 0.353 e. The number of aryl methyl sites for hydroxylation is 2. The summed E-state index contributed by atoms with van der Waals surface area (Å²) in [6.07, 6.45) is 4.28. The van der Waals surface area contributed by atoms with Gasteiger partial charge in [0.2, 0.25) is 5.95 Å². The Hall–Kier alpha value is -2.63. The molecule has 1 aromatic heterocycles. The molecule has 0 aliphatic carbocycles. The van der Waals surface area contributed by atoms with Crippen LogP contribution in [0.2, 0.25) is 0 Å². The SMILES string of the molecule is Cc1ccc(C)c(C(=O)N2CCN(c3ccnc(N4CCCC4)n3)CC2)c1. The van der Waals surface area contributed by atoms with E-state index in [2.05, 4.69) is 20.9 Å². The van der Waals surface area contributed by atoms with Gasteiger partial charge in [0.15, 0.2) is 0 Å². The van der Waals surface area contributed by atoms with Crippen molar-refractivity contribution in [2.45, 2.75) is 26.7 Å². The fourth-order valence-electron chi connectivity index (χ4n) is 3.86. The summed E-state index contributed by atoms with van der Waals surface area (Å²) in [5.41, 5.74) is 2.99. The van der Waals surface area contributed by atoms with Crippen molar-refractivity contribution < 1.29 is 4.79 Å². The van der Waals surface area contributed by atoms with Crippen LogP contribution in [0.15, 0.2) is 30.5 Å². The molecule has 2 aliphatic heterocycles. The van der Waals surface area contributed by atoms with Crippen LogP contribution in [0.5, 0.6) is 0 Å². The molecule has 2 aromatic rings. The third-order valence-corrected chi connectivity index (χ3v) is 5.53. The molecule has 0 N–H and O–H groups in total. The van der Waals surface area contributed by atoms with E-state index in [0.717, 1.165) is 67.7 Å². The van der Waals surface area contributed by atoms with Gasteiger partial charge in [0, 0.05) is 51.0 Å². The Morgan fingerprint density at radius 2 is 1.67 bits per heavy atom. The molecule has 0 atom stereocenters. The van der Waals surface area contributed by atoms with Gasteiger partial charge in [0.05, 0.1) is 0 Å². The number of benzene rings is 1. The van der Waals surface area contributed by atoms with Gasteiger partial charge in [-0.15, -0.1) is 0 Å². The molecule has 0 radical (unpaired) electrons. The third-order valence-electron chi connectivity index (χ3n) is 5.53. The number of amides is 1. The van der Waals surface area contributed by atoms with Crippen molar-refractivity contribution in [2.24, 2.45) is 0 Å². The number of carbonyl (C=O) groups excluding carboxylic acids is 1. The summed E-state index contributed by atoms with van der Waals surface area (Å²) in [6, 6.07) is 8.05. The predicted octanol–water partition coefficient (Wildman–Crippen LogP) is 2.66. The zero-order valence-corrected chi connectivity index (χ0v) is 16.2. The van der Waals surface area contributed by atoms with E-state index in [1.807, 2.05) is 43.1 Å². The molecule has 27 heavy (non-hydrogen) atoms. The maximum atomic E-state index is 12.9. The first-order chi connectivity index (χ1) is 13.1. The van der Waals surface area contributed by atoms with Crippen molar-refractivity contribution in [1.82, 2.24) is 14.9 Å². The van der Waals surface area contributed by atoms with E-state index in [1.165, 1.54) is 12.8 Å². The van der Waals surface area contributed by atoms with E-state index in [4.69, 9.17) is 4.98 Å². The van der Waals surface area contributed by atoms with Gasteiger partial charge in [-0.25, -0.2) is 4.98 Å². The van der Waals surface area contributed by atoms with E-state index in [-0.39, 0.29) is 5.91 Å². The summed E-state index contributed by atoms with van der Waals surface area (Å²) in [5, 5.41) is 0. The molecule has 0 bridgehead atoms. The van der Waals surface area contributed by atoms with Crippen LogP contribution >= 0.6 is 0 Å². The smallest absolute Gasteiger partial charge is 0.254 e. The molecule has 0 unspecified atom stereocenters. The van der Waals surface area contributed by atoms with Crippen LogP contribution in [-0.2, 0) is 0 Å². The molecule has 2 fully saturated rings. The summed E-state index contributed by atoms with van der Waals surface area (Å²) in [5.74, 6) is 1.93. The summed E-state index contributed by atoms with van der Waals surface area (Å²) < 4.78 is 0. The molecular formula is C21H27N5O. The zero-order chi connectivity index (χ0) is 18.8. The quantitative estimate of drug-likeness (QED) is 0.837. The minimum absolute atomic E-state index is 0.135. The predicted molar refractivity (Wildman–Crippen MR) is 108 cm³/mol. The highest BCUT2D eigenvalue weighted by molar-refractivity contribution is 5.96. The molecule has 0 saturated carbocycles. The molecular weight excluding hydrogens is 338 g/mol. The number of hydrogen-bond donors (Lipinski definition) is 0. The van der Waals surface area contributed by atoms with Crippen molar-refractivity contribution in [3.05, 3.63) is 47.2 Å². The molecule has 2 saturated heterocycles. The maximum absolute atomic E-state index is 12.9. The first kappa shape index (κ1) is 17.8. The van der Waals surface area contributed by atoms with E-state index < -0.39 is 0 Å². The van der Waals surface area contributed by atoms with Crippen LogP contribution in [0, 0.1) is 13.8 Å². The number of piperazine rings is 1. The fourth-order valence-corrected chi connectivity index (χ4v) is 3.86. The second-order valence-corrected chi connectivity index (χ2v) is 7.51. The summed E-state index contributed by atoms with van der Waals surface area (Å²) in [6.45, 7) is 9.15. The number of aromatic nitrogens is 2. The van der Waals surface area contributed by atoms with Crippen molar-refractivity contribution >= 4 is 17.7 Å². The van der Waals surface area contributed by atoms with Crippen LogP contribution in [0.25, 0.3) is 0 Å². The lowest BCUT2D eigenvalue weighted by Crippen LogP contribution is -2.49. The van der Waals surface area contributed by atoms with Gasteiger partial charge in [0.1, 0.15) is 5.82 Å². The lowest BCUT2D eigenvalue weighted by Gasteiger charge is -2.36. The molecule has 142 valence electrons. The highest BCUT2D eigenvalue weighted by atomic mass is 16.2. The van der Waals surface area contributed by atoms with Crippen molar-refractivity contribution in [1.29, 1.82) is 0 Å². The first-order valence-electron chi connectivity index (χ1n) is 9.81. The Kier molecular flexibility index (Phi) is 4.97. The molecule has 4 rings (SSSR count). The number of anilines is 2. The topological polar surface area (TPSA) is 52.6 Å². The second kappa shape index (κ2) is 7.55. The number of hydrogen-bond acceptors (Lipinski definition) is 5. The van der Waals surface area contributed by atoms with Crippen LogP contribution in [0.4, 0.5) is 11.8 Å². The minimum Gasteiger partial charge on any atom is -0.353 e.